The molecular weight excluding hydrogens is 516 g/mol. The average molecular weight is 542 g/mol. The summed E-state index contributed by atoms with van der Waals surface area (Å²) in [6.07, 6.45) is 7.09. The minimum atomic E-state index is -3.69. The summed E-state index contributed by atoms with van der Waals surface area (Å²) in [6, 6.07) is 7.34. The molecule has 0 amide bonds. The fourth-order valence-electron chi connectivity index (χ4n) is 4.24. The summed E-state index contributed by atoms with van der Waals surface area (Å²) in [7, 11) is 0.0308. The average Bonchev–Trinajstić information content (AvgIpc) is 3.44. The molecule has 198 valence electrons. The lowest BCUT2D eigenvalue weighted by Crippen LogP contribution is -2.17. The number of nitrogens with zero attached hydrogens (tertiary/aromatic N) is 7. The lowest BCUT2D eigenvalue weighted by Gasteiger charge is -2.14. The van der Waals surface area contributed by atoms with Gasteiger partial charge in [-0.15, -0.1) is 0 Å². The molecule has 0 N–H and O–H groups in total. The normalized spacial score (nSPS) is 12.3. The van der Waals surface area contributed by atoms with E-state index in [0.29, 0.717) is 46.5 Å². The van der Waals surface area contributed by atoms with Gasteiger partial charge in [-0.25, -0.2) is 22.6 Å². The van der Waals surface area contributed by atoms with Crippen molar-refractivity contribution in [3.63, 3.8) is 0 Å². The van der Waals surface area contributed by atoms with Gasteiger partial charge in [-0.2, -0.15) is 19.0 Å². The van der Waals surface area contributed by atoms with Crippen LogP contribution in [0, 0.1) is 6.92 Å². The molecule has 4 heterocycles. The van der Waals surface area contributed by atoms with Crippen molar-refractivity contribution in [1.82, 2.24) is 34.3 Å². The van der Waals surface area contributed by atoms with Crippen LogP contribution in [0.25, 0.3) is 33.5 Å². The van der Waals surface area contributed by atoms with Crippen molar-refractivity contribution in [3.05, 3.63) is 60.8 Å². The number of aromatic nitrogens is 6. The molecule has 0 atom stereocenters. The largest absolute Gasteiger partial charge is 0.433 e. The van der Waals surface area contributed by atoms with E-state index >= 15 is 0 Å². The number of ether oxygens (including phenoxy) is 1. The topological polar surface area (TPSA) is 108 Å². The van der Waals surface area contributed by atoms with Gasteiger partial charge in [0.15, 0.2) is 21.2 Å². The van der Waals surface area contributed by atoms with Gasteiger partial charge in [-0.3, -0.25) is 4.98 Å². The first-order chi connectivity index (χ1) is 18.1. The lowest BCUT2D eigenvalue weighted by molar-refractivity contribution is -0.0499. The predicted octanol–water partition coefficient (Wildman–Crippen LogP) is 3.77. The SMILES string of the molecule is Cc1nn(-c2cc(S(=O)(=O)CCCN(C)C)ccc2OC(F)F)c2cc(-c3cnn4cccnc34)ncc12. The first-order valence-electron chi connectivity index (χ1n) is 11.7. The van der Waals surface area contributed by atoms with Crippen molar-refractivity contribution in [2.24, 2.45) is 0 Å². The van der Waals surface area contributed by atoms with Crippen molar-refractivity contribution in [3.8, 4) is 22.7 Å². The molecule has 1 aromatic carbocycles. The molecule has 5 rings (SSSR count). The third-order valence-electron chi connectivity index (χ3n) is 6.06. The Morgan fingerprint density at radius 1 is 1.13 bits per heavy atom. The van der Waals surface area contributed by atoms with Crippen LogP contribution in [0.3, 0.4) is 0 Å². The van der Waals surface area contributed by atoms with Crippen LogP contribution in [0.5, 0.6) is 5.75 Å². The van der Waals surface area contributed by atoms with Crippen molar-refractivity contribution in [2.75, 3.05) is 26.4 Å². The Balaban J connectivity index is 1.65. The molecule has 0 aliphatic heterocycles. The van der Waals surface area contributed by atoms with Crippen LogP contribution in [-0.2, 0) is 9.84 Å². The fourth-order valence-corrected chi connectivity index (χ4v) is 5.55. The second kappa shape index (κ2) is 10.1. The Labute approximate surface area is 217 Å². The molecule has 0 saturated carbocycles. The number of fused-ring (bicyclic) bond motifs is 2. The molecule has 0 bridgehead atoms. The summed E-state index contributed by atoms with van der Waals surface area (Å²) in [5, 5.41) is 9.50. The minimum absolute atomic E-state index is 0.00437. The quantitative estimate of drug-likeness (QED) is 0.278. The van der Waals surface area contributed by atoms with Crippen LogP contribution in [0.4, 0.5) is 8.78 Å². The highest BCUT2D eigenvalue weighted by atomic mass is 32.2. The molecule has 0 radical (unpaired) electrons. The molecule has 0 aliphatic rings. The zero-order valence-electron chi connectivity index (χ0n) is 20.9. The zero-order valence-corrected chi connectivity index (χ0v) is 21.7. The van der Waals surface area contributed by atoms with Gasteiger partial charge < -0.3 is 9.64 Å². The molecule has 13 heteroatoms. The van der Waals surface area contributed by atoms with Crippen LogP contribution < -0.4 is 4.74 Å². The first-order valence-corrected chi connectivity index (χ1v) is 13.4. The van der Waals surface area contributed by atoms with E-state index in [-0.39, 0.29) is 22.1 Å². The van der Waals surface area contributed by atoms with Gasteiger partial charge in [-0.05, 0) is 64.3 Å². The Morgan fingerprint density at radius 2 is 1.95 bits per heavy atom. The summed E-state index contributed by atoms with van der Waals surface area (Å²) < 4.78 is 60.5. The fraction of sp³-hybridized carbons (Fsp3) is 0.280. The van der Waals surface area contributed by atoms with Gasteiger partial charge in [0.25, 0.3) is 0 Å². The molecule has 0 unspecified atom stereocenters. The second-order valence-electron chi connectivity index (χ2n) is 9.01. The lowest BCUT2D eigenvalue weighted by atomic mass is 10.1. The molecule has 10 nitrogen and oxygen atoms in total. The van der Waals surface area contributed by atoms with Crippen molar-refractivity contribution in [2.45, 2.75) is 24.9 Å². The van der Waals surface area contributed by atoms with E-state index in [2.05, 4.69) is 20.2 Å². The molecule has 0 aliphatic carbocycles. The summed E-state index contributed by atoms with van der Waals surface area (Å²) >= 11 is 0. The van der Waals surface area contributed by atoms with E-state index in [4.69, 9.17) is 4.74 Å². The highest BCUT2D eigenvalue weighted by molar-refractivity contribution is 7.91. The predicted molar refractivity (Wildman–Crippen MR) is 137 cm³/mol. The number of hydrogen-bond acceptors (Lipinski definition) is 8. The number of hydrogen-bond donors (Lipinski definition) is 0. The number of rotatable bonds is 9. The maximum atomic E-state index is 13.3. The van der Waals surface area contributed by atoms with Crippen LogP contribution in [0.2, 0.25) is 0 Å². The Morgan fingerprint density at radius 3 is 2.71 bits per heavy atom. The van der Waals surface area contributed by atoms with E-state index in [1.54, 1.807) is 48.4 Å². The highest BCUT2D eigenvalue weighted by Gasteiger charge is 2.22. The third-order valence-corrected chi connectivity index (χ3v) is 7.86. The van der Waals surface area contributed by atoms with Crippen molar-refractivity contribution >= 4 is 26.4 Å². The summed E-state index contributed by atoms with van der Waals surface area (Å²) in [5.74, 6) is -0.290. The number of pyridine rings is 1. The summed E-state index contributed by atoms with van der Waals surface area (Å²) in [4.78, 5) is 10.8. The maximum Gasteiger partial charge on any atom is 0.387 e. The van der Waals surface area contributed by atoms with Gasteiger partial charge in [0, 0.05) is 24.0 Å². The smallest absolute Gasteiger partial charge is 0.387 e. The molecule has 38 heavy (non-hydrogen) atoms. The Kier molecular flexibility index (Phi) is 6.80. The standard InChI is InChI=1S/C25H25F2N7O3S/c1-16-18-14-29-20(19-15-30-33-10-4-8-28-24(19)33)13-21(18)34(31-16)22-12-17(6-7-23(22)37-25(26)27)38(35,36)11-5-9-32(2)3/h4,6-8,10,12-15,25H,5,9,11H2,1-3H3. The van der Waals surface area contributed by atoms with E-state index in [1.165, 1.54) is 22.9 Å². The third kappa shape index (κ3) is 4.94. The van der Waals surface area contributed by atoms with Crippen LogP contribution in [0.1, 0.15) is 12.1 Å². The van der Waals surface area contributed by atoms with Gasteiger partial charge in [-0.1, -0.05) is 0 Å². The first kappa shape index (κ1) is 25.7. The molecule has 0 saturated heterocycles. The number of aryl methyl sites for hydroxylation is 1. The molecular formula is C25H25F2N7O3S. The van der Waals surface area contributed by atoms with Gasteiger partial charge in [0.2, 0.25) is 0 Å². The number of sulfone groups is 1. The number of benzene rings is 1. The minimum Gasteiger partial charge on any atom is -0.433 e. The van der Waals surface area contributed by atoms with Crippen molar-refractivity contribution in [1.29, 1.82) is 0 Å². The number of alkyl halides is 2. The molecule has 0 fully saturated rings. The van der Waals surface area contributed by atoms with Crippen LogP contribution in [0.15, 0.2) is 60.0 Å². The van der Waals surface area contributed by atoms with Gasteiger partial charge >= 0.3 is 6.61 Å². The maximum absolute atomic E-state index is 13.3. The van der Waals surface area contributed by atoms with E-state index in [1.807, 2.05) is 19.0 Å². The van der Waals surface area contributed by atoms with Crippen LogP contribution >= 0.6 is 0 Å². The van der Waals surface area contributed by atoms with Crippen LogP contribution in [-0.4, -0.2) is 75.7 Å². The van der Waals surface area contributed by atoms with Gasteiger partial charge in [0.1, 0.15) is 5.69 Å². The number of halogens is 2. The zero-order chi connectivity index (χ0) is 27.0. The monoisotopic (exact) mass is 541 g/mol. The van der Waals surface area contributed by atoms with Crippen molar-refractivity contribution < 1.29 is 21.9 Å². The molecule has 5 aromatic rings. The van der Waals surface area contributed by atoms with E-state index < -0.39 is 16.4 Å². The second-order valence-corrected chi connectivity index (χ2v) is 11.1. The highest BCUT2D eigenvalue weighted by Crippen LogP contribution is 2.33. The Hall–Kier alpha value is -3.97. The molecule has 4 aromatic heterocycles. The van der Waals surface area contributed by atoms with E-state index in [9.17, 15) is 17.2 Å². The summed E-state index contributed by atoms with van der Waals surface area (Å²) in [6.45, 7) is -0.760. The molecule has 0 spiro atoms. The van der Waals surface area contributed by atoms with E-state index in [0.717, 1.165) is 0 Å². The Bertz CT molecular complexity index is 1730. The van der Waals surface area contributed by atoms with Gasteiger partial charge in [0.05, 0.1) is 39.3 Å². The summed E-state index contributed by atoms with van der Waals surface area (Å²) in [5.41, 5.74) is 2.99.